The van der Waals surface area contributed by atoms with Crippen molar-refractivity contribution in [1.82, 2.24) is 0 Å². The summed E-state index contributed by atoms with van der Waals surface area (Å²) in [5, 5.41) is 0. The molecule has 1 saturated heterocycles. The Morgan fingerprint density at radius 3 is 2.31 bits per heavy atom. The van der Waals surface area contributed by atoms with Crippen LogP contribution in [0.25, 0.3) is 0 Å². The summed E-state index contributed by atoms with van der Waals surface area (Å²) in [6, 6.07) is 0. The van der Waals surface area contributed by atoms with Gasteiger partial charge in [0.15, 0.2) is 5.79 Å². The SMILES string of the molecule is C(CC1CC1)OC1CCC2(CC1)OCCO2. The second-order valence-corrected chi connectivity index (χ2v) is 5.41. The van der Waals surface area contributed by atoms with Gasteiger partial charge in [-0.15, -0.1) is 0 Å². The van der Waals surface area contributed by atoms with Gasteiger partial charge in [0, 0.05) is 19.4 Å². The molecular weight excluding hydrogens is 204 g/mol. The van der Waals surface area contributed by atoms with E-state index in [1.165, 1.54) is 19.3 Å². The van der Waals surface area contributed by atoms with Crippen LogP contribution in [0.5, 0.6) is 0 Å². The van der Waals surface area contributed by atoms with Crippen LogP contribution in [0.4, 0.5) is 0 Å². The number of hydrogen-bond acceptors (Lipinski definition) is 3. The van der Waals surface area contributed by atoms with Crippen molar-refractivity contribution in [2.24, 2.45) is 5.92 Å². The fourth-order valence-electron chi connectivity index (χ4n) is 2.79. The van der Waals surface area contributed by atoms with E-state index in [2.05, 4.69) is 0 Å². The monoisotopic (exact) mass is 226 g/mol. The minimum atomic E-state index is -0.226. The van der Waals surface area contributed by atoms with Crippen molar-refractivity contribution in [3.8, 4) is 0 Å². The van der Waals surface area contributed by atoms with E-state index in [0.29, 0.717) is 6.10 Å². The molecule has 0 N–H and O–H groups in total. The molecule has 1 heterocycles. The highest BCUT2D eigenvalue weighted by Crippen LogP contribution is 2.37. The molecule has 1 spiro atoms. The minimum Gasteiger partial charge on any atom is -0.378 e. The molecule has 0 aromatic heterocycles. The van der Waals surface area contributed by atoms with Gasteiger partial charge in [-0.1, -0.05) is 12.8 Å². The Labute approximate surface area is 97.4 Å². The van der Waals surface area contributed by atoms with Gasteiger partial charge < -0.3 is 14.2 Å². The first-order chi connectivity index (χ1) is 7.86. The van der Waals surface area contributed by atoms with E-state index < -0.39 is 0 Å². The Morgan fingerprint density at radius 1 is 1.00 bits per heavy atom. The summed E-state index contributed by atoms with van der Waals surface area (Å²) in [5.41, 5.74) is 0. The minimum absolute atomic E-state index is 0.226. The van der Waals surface area contributed by atoms with Crippen molar-refractivity contribution < 1.29 is 14.2 Å². The predicted molar refractivity (Wildman–Crippen MR) is 60.2 cm³/mol. The highest BCUT2D eigenvalue weighted by atomic mass is 16.7. The van der Waals surface area contributed by atoms with Gasteiger partial charge in [-0.25, -0.2) is 0 Å². The molecule has 2 aliphatic carbocycles. The highest BCUT2D eigenvalue weighted by molar-refractivity contribution is 4.83. The third kappa shape index (κ3) is 2.58. The molecule has 0 radical (unpaired) electrons. The summed E-state index contributed by atoms with van der Waals surface area (Å²) >= 11 is 0. The molecule has 16 heavy (non-hydrogen) atoms. The summed E-state index contributed by atoms with van der Waals surface area (Å²) in [6.45, 7) is 2.50. The Kier molecular flexibility index (Phi) is 3.18. The second-order valence-electron chi connectivity index (χ2n) is 5.41. The molecule has 3 nitrogen and oxygen atoms in total. The lowest BCUT2D eigenvalue weighted by molar-refractivity contribution is -0.191. The number of hydrogen-bond donors (Lipinski definition) is 0. The zero-order valence-electron chi connectivity index (χ0n) is 9.95. The lowest BCUT2D eigenvalue weighted by atomic mass is 9.92. The molecule has 0 amide bonds. The maximum absolute atomic E-state index is 5.93. The van der Waals surface area contributed by atoms with Gasteiger partial charge in [0.2, 0.25) is 0 Å². The van der Waals surface area contributed by atoms with Gasteiger partial charge in [-0.3, -0.25) is 0 Å². The largest absolute Gasteiger partial charge is 0.378 e. The Balaban J connectivity index is 1.36. The van der Waals surface area contributed by atoms with Gasteiger partial charge in [0.1, 0.15) is 0 Å². The van der Waals surface area contributed by atoms with Gasteiger partial charge in [0.25, 0.3) is 0 Å². The van der Waals surface area contributed by atoms with Crippen molar-refractivity contribution in [3.05, 3.63) is 0 Å². The van der Waals surface area contributed by atoms with Crippen LogP contribution < -0.4 is 0 Å². The fraction of sp³-hybridized carbons (Fsp3) is 1.00. The van der Waals surface area contributed by atoms with Gasteiger partial charge in [-0.2, -0.15) is 0 Å². The molecule has 0 unspecified atom stereocenters. The first kappa shape index (κ1) is 11.0. The molecule has 0 atom stereocenters. The summed E-state index contributed by atoms with van der Waals surface area (Å²) in [7, 11) is 0. The molecule has 92 valence electrons. The van der Waals surface area contributed by atoms with Gasteiger partial charge in [-0.05, 0) is 25.2 Å². The Hall–Kier alpha value is -0.120. The zero-order chi connectivity index (χ0) is 10.8. The quantitative estimate of drug-likeness (QED) is 0.737. The topological polar surface area (TPSA) is 27.7 Å². The first-order valence-corrected chi connectivity index (χ1v) is 6.76. The maximum atomic E-state index is 5.93. The van der Waals surface area contributed by atoms with Gasteiger partial charge in [0.05, 0.1) is 19.3 Å². The highest BCUT2D eigenvalue weighted by Gasteiger charge is 2.40. The smallest absolute Gasteiger partial charge is 0.168 e. The molecule has 1 aliphatic heterocycles. The zero-order valence-corrected chi connectivity index (χ0v) is 9.95. The Bertz CT molecular complexity index is 221. The maximum Gasteiger partial charge on any atom is 0.168 e. The lowest BCUT2D eigenvalue weighted by Crippen LogP contribution is -2.37. The molecule has 3 heteroatoms. The average Bonchev–Trinajstić information content (AvgIpc) is 3.02. The molecular formula is C13H22O3. The normalized spacial score (nSPS) is 30.0. The molecule has 0 bridgehead atoms. The van der Waals surface area contributed by atoms with E-state index in [0.717, 1.165) is 51.4 Å². The van der Waals surface area contributed by atoms with Crippen LogP contribution in [0.1, 0.15) is 44.9 Å². The average molecular weight is 226 g/mol. The number of ether oxygens (including phenoxy) is 3. The van der Waals surface area contributed by atoms with E-state index in [1.54, 1.807) is 0 Å². The van der Waals surface area contributed by atoms with Crippen LogP contribution in [0.2, 0.25) is 0 Å². The van der Waals surface area contributed by atoms with Crippen LogP contribution in [0.3, 0.4) is 0 Å². The van der Waals surface area contributed by atoms with E-state index in [-0.39, 0.29) is 5.79 Å². The molecule has 3 aliphatic rings. The predicted octanol–water partition coefficient (Wildman–Crippen LogP) is 2.49. The van der Waals surface area contributed by atoms with Crippen LogP contribution >= 0.6 is 0 Å². The number of rotatable bonds is 4. The first-order valence-electron chi connectivity index (χ1n) is 6.76. The van der Waals surface area contributed by atoms with Crippen molar-refractivity contribution in [1.29, 1.82) is 0 Å². The van der Waals surface area contributed by atoms with Crippen LogP contribution in [-0.4, -0.2) is 31.7 Å². The summed E-state index contributed by atoms with van der Waals surface area (Å²) in [6.07, 6.45) is 8.82. The summed E-state index contributed by atoms with van der Waals surface area (Å²) < 4.78 is 17.3. The molecule has 3 fully saturated rings. The van der Waals surface area contributed by atoms with Crippen LogP contribution in [-0.2, 0) is 14.2 Å². The summed E-state index contributed by atoms with van der Waals surface area (Å²) in [5.74, 6) is 0.757. The van der Waals surface area contributed by atoms with Gasteiger partial charge >= 0.3 is 0 Å². The molecule has 3 rings (SSSR count). The van der Waals surface area contributed by atoms with Crippen molar-refractivity contribution in [2.75, 3.05) is 19.8 Å². The fourth-order valence-corrected chi connectivity index (χ4v) is 2.79. The Morgan fingerprint density at radius 2 is 1.69 bits per heavy atom. The summed E-state index contributed by atoms with van der Waals surface area (Å²) in [4.78, 5) is 0. The van der Waals surface area contributed by atoms with Crippen molar-refractivity contribution in [2.45, 2.75) is 56.8 Å². The lowest BCUT2D eigenvalue weighted by Gasteiger charge is -2.35. The van der Waals surface area contributed by atoms with E-state index in [1.807, 2.05) is 0 Å². The second kappa shape index (κ2) is 4.63. The molecule has 2 saturated carbocycles. The van der Waals surface area contributed by atoms with Crippen molar-refractivity contribution in [3.63, 3.8) is 0 Å². The third-order valence-corrected chi connectivity index (χ3v) is 4.08. The van der Waals surface area contributed by atoms with Crippen molar-refractivity contribution >= 4 is 0 Å². The third-order valence-electron chi connectivity index (χ3n) is 4.08. The van der Waals surface area contributed by atoms with E-state index in [4.69, 9.17) is 14.2 Å². The van der Waals surface area contributed by atoms with E-state index in [9.17, 15) is 0 Å². The molecule has 0 aromatic rings. The van der Waals surface area contributed by atoms with Crippen LogP contribution in [0, 0.1) is 5.92 Å². The van der Waals surface area contributed by atoms with Crippen LogP contribution in [0.15, 0.2) is 0 Å². The van der Waals surface area contributed by atoms with E-state index >= 15 is 0 Å². The standard InChI is InChI=1S/C13H22O3/c1-2-11(1)5-8-14-12-3-6-13(7-4-12)15-9-10-16-13/h11-12H,1-10H2. The molecule has 0 aromatic carbocycles.